The highest BCUT2D eigenvalue weighted by Gasteiger charge is 2.44. The second-order valence-corrected chi connectivity index (χ2v) is 20.1. The third-order valence-electron chi connectivity index (χ3n) is 9.56. The molecular weight excluding hydrogens is 824 g/mol. The van der Waals surface area contributed by atoms with Crippen molar-refractivity contribution in [2.75, 3.05) is 13.2 Å². The van der Waals surface area contributed by atoms with Crippen molar-refractivity contribution in [2.45, 2.75) is 148 Å². The van der Waals surface area contributed by atoms with E-state index < -0.39 is 23.0 Å². The van der Waals surface area contributed by atoms with Crippen molar-refractivity contribution >= 4 is 51.4 Å². The molecule has 1 aliphatic rings. The zero-order chi connectivity index (χ0) is 42.0. The summed E-state index contributed by atoms with van der Waals surface area (Å²) in [6.45, 7) is 34.4. The summed E-state index contributed by atoms with van der Waals surface area (Å²) in [6.07, 6.45) is 3.62. The number of carbonyl (C=O) groups excluding carboxylic acids is 1. The zero-order valence-corrected chi connectivity index (χ0v) is 39.1. The second-order valence-electron chi connectivity index (χ2n) is 18.7. The number of carbonyl (C=O) groups is 1. The summed E-state index contributed by atoms with van der Waals surface area (Å²) < 4.78 is 28.5. The van der Waals surface area contributed by atoms with Crippen LogP contribution in [0.5, 0.6) is 5.75 Å². The Balaban J connectivity index is 2.92. The van der Waals surface area contributed by atoms with Crippen molar-refractivity contribution in [3.05, 3.63) is 76.8 Å². The van der Waals surface area contributed by atoms with Crippen LogP contribution in [0.1, 0.15) is 156 Å². The minimum atomic E-state index is -1.20. The SMILES string of the molecule is C/C=C/COC(=O)Cc1[nH]c(/C(=C2\N=C(C(C)(C)C)C(C(C)(C)C)=C2C(C)(C)C)c2c(CC(C)F)c(I)c(Cl)c(OCCC)c2C(C)(C)C)c(CC)c1C#N. The molecule has 302 valence electrons. The van der Waals surface area contributed by atoms with Gasteiger partial charge in [-0.15, -0.1) is 0 Å². The lowest BCUT2D eigenvalue weighted by molar-refractivity contribution is -0.141. The van der Waals surface area contributed by atoms with Gasteiger partial charge >= 0.3 is 5.97 Å². The minimum Gasteiger partial charge on any atom is -0.492 e. The third-order valence-corrected chi connectivity index (χ3v) is 11.4. The molecule has 0 fully saturated rings. The number of ether oxygens (including phenoxy) is 2. The molecule has 0 saturated carbocycles. The van der Waals surface area contributed by atoms with Gasteiger partial charge in [-0.2, -0.15) is 5.26 Å². The average molecular weight is 888 g/mol. The predicted molar refractivity (Wildman–Crippen MR) is 236 cm³/mol. The van der Waals surface area contributed by atoms with Gasteiger partial charge in [0.05, 0.1) is 40.7 Å². The third kappa shape index (κ3) is 10.2. The van der Waals surface area contributed by atoms with Gasteiger partial charge in [0.2, 0.25) is 0 Å². The Labute approximate surface area is 349 Å². The molecule has 0 bridgehead atoms. The molecule has 1 atom stereocenters. The molecule has 0 aliphatic carbocycles. The molecular formula is C46H64ClFIN3O3. The Hall–Kier alpha value is -2.90. The molecule has 2 heterocycles. The fourth-order valence-electron chi connectivity index (χ4n) is 7.39. The summed E-state index contributed by atoms with van der Waals surface area (Å²) in [5.74, 6) is 0.120. The number of nitrogens with one attached hydrogen (secondary N) is 1. The Kier molecular flexibility index (Phi) is 15.0. The maximum absolute atomic E-state index is 15.7. The van der Waals surface area contributed by atoms with Gasteiger partial charge < -0.3 is 14.5 Å². The van der Waals surface area contributed by atoms with Crippen molar-refractivity contribution in [1.29, 1.82) is 5.26 Å². The molecule has 1 aromatic carbocycles. The second kappa shape index (κ2) is 17.7. The summed E-state index contributed by atoms with van der Waals surface area (Å²) in [5.41, 5.74) is 7.89. The lowest BCUT2D eigenvalue weighted by atomic mass is 9.69. The van der Waals surface area contributed by atoms with Gasteiger partial charge in [-0.05, 0) is 93.4 Å². The van der Waals surface area contributed by atoms with Gasteiger partial charge in [-0.1, -0.05) is 121 Å². The first-order valence-electron chi connectivity index (χ1n) is 19.6. The summed E-state index contributed by atoms with van der Waals surface area (Å²) in [4.78, 5) is 22.6. The van der Waals surface area contributed by atoms with E-state index in [4.69, 9.17) is 26.1 Å². The Morgan fingerprint density at radius 2 is 1.58 bits per heavy atom. The van der Waals surface area contributed by atoms with Gasteiger partial charge in [-0.25, -0.2) is 4.39 Å². The van der Waals surface area contributed by atoms with Gasteiger partial charge in [0, 0.05) is 32.2 Å². The van der Waals surface area contributed by atoms with E-state index >= 15 is 4.39 Å². The van der Waals surface area contributed by atoms with Crippen molar-refractivity contribution < 1.29 is 18.7 Å². The highest BCUT2D eigenvalue weighted by molar-refractivity contribution is 14.1. The molecule has 9 heteroatoms. The first kappa shape index (κ1) is 46.5. The number of H-pyrrole nitrogens is 1. The van der Waals surface area contributed by atoms with E-state index in [2.05, 4.69) is 124 Å². The Morgan fingerprint density at radius 1 is 0.982 bits per heavy atom. The fraction of sp³-hybridized carbons (Fsp3) is 0.587. The minimum absolute atomic E-state index is 0.0924. The van der Waals surface area contributed by atoms with Crippen LogP contribution in [-0.4, -0.2) is 36.1 Å². The van der Waals surface area contributed by atoms with Crippen LogP contribution in [0, 0.1) is 31.1 Å². The van der Waals surface area contributed by atoms with E-state index in [1.54, 1.807) is 13.0 Å². The van der Waals surface area contributed by atoms with E-state index in [0.29, 0.717) is 44.3 Å². The number of benzene rings is 1. The van der Waals surface area contributed by atoms with Crippen LogP contribution < -0.4 is 4.74 Å². The van der Waals surface area contributed by atoms with Crippen LogP contribution in [0.2, 0.25) is 5.02 Å². The number of aromatic amines is 1. The van der Waals surface area contributed by atoms with Gasteiger partial charge in [0.25, 0.3) is 0 Å². The first-order chi connectivity index (χ1) is 25.3. The van der Waals surface area contributed by atoms with E-state index in [9.17, 15) is 10.1 Å². The quantitative estimate of drug-likeness (QED) is 0.131. The van der Waals surface area contributed by atoms with Crippen LogP contribution in [0.15, 0.2) is 34.0 Å². The maximum atomic E-state index is 15.7. The lowest BCUT2D eigenvalue weighted by Crippen LogP contribution is -2.29. The van der Waals surface area contributed by atoms with Crippen LogP contribution in [0.4, 0.5) is 4.39 Å². The molecule has 0 spiro atoms. The number of aliphatic imine (C=N–C) groups is 1. The van der Waals surface area contributed by atoms with Crippen LogP contribution in [-0.2, 0) is 34.2 Å². The summed E-state index contributed by atoms with van der Waals surface area (Å²) >= 11 is 9.53. The van der Waals surface area contributed by atoms with Crippen molar-refractivity contribution in [2.24, 2.45) is 21.2 Å². The molecule has 0 amide bonds. The standard InChI is InChI=1S/C46H64ClFIN3O3/c1-17-20-22-54-31(53)24-30-29(25-50)27(19-3)39(51-30)33(40-35(44(8,9)10)36(45(11,12)13)42(52-40)46(14,15)16)32-28(23-26(4)48)38(49)37(47)41(55-21-18-2)34(32)43(5,6)7/h17,20,26,51H,18-19,21-24H2,1-16H3/b20-17+,40-33-. The van der Waals surface area contributed by atoms with Gasteiger partial charge in [0.1, 0.15) is 24.6 Å². The topological polar surface area (TPSA) is 87.5 Å². The monoisotopic (exact) mass is 887 g/mol. The van der Waals surface area contributed by atoms with E-state index in [-0.39, 0.29) is 30.3 Å². The fourth-order valence-corrected chi connectivity index (χ4v) is 8.39. The Bertz CT molecular complexity index is 1950. The molecule has 1 N–H and O–H groups in total. The molecule has 55 heavy (non-hydrogen) atoms. The number of alkyl halides is 1. The molecule has 0 radical (unpaired) electrons. The number of rotatable bonds is 12. The normalized spacial score (nSPS) is 15.8. The molecule has 0 saturated heterocycles. The van der Waals surface area contributed by atoms with E-state index in [1.807, 2.05) is 19.9 Å². The number of aromatic nitrogens is 1. The average Bonchev–Trinajstić information content (AvgIpc) is 3.62. The lowest BCUT2D eigenvalue weighted by Gasteiger charge is -2.34. The Morgan fingerprint density at radius 3 is 2.04 bits per heavy atom. The highest BCUT2D eigenvalue weighted by atomic mass is 127. The summed E-state index contributed by atoms with van der Waals surface area (Å²) in [7, 11) is 0. The van der Waals surface area contributed by atoms with E-state index in [0.717, 1.165) is 51.2 Å². The molecule has 1 aromatic heterocycles. The summed E-state index contributed by atoms with van der Waals surface area (Å²) in [5, 5.41) is 11.2. The number of halogens is 3. The number of esters is 1. The number of nitriles is 1. The van der Waals surface area contributed by atoms with Crippen molar-refractivity contribution in [3.8, 4) is 11.8 Å². The maximum Gasteiger partial charge on any atom is 0.312 e. The molecule has 1 unspecified atom stereocenters. The smallest absolute Gasteiger partial charge is 0.312 e. The number of hydrogen-bond donors (Lipinski definition) is 1. The highest BCUT2D eigenvalue weighted by Crippen LogP contribution is 2.55. The number of allylic oxidation sites excluding steroid dienone is 3. The summed E-state index contributed by atoms with van der Waals surface area (Å²) in [6, 6.07) is 2.43. The van der Waals surface area contributed by atoms with Crippen LogP contribution in [0.25, 0.3) is 5.57 Å². The van der Waals surface area contributed by atoms with Gasteiger partial charge in [0.15, 0.2) is 0 Å². The molecule has 1 aliphatic heterocycles. The number of nitrogens with zero attached hydrogens (tertiary/aromatic N) is 2. The zero-order valence-electron chi connectivity index (χ0n) is 36.2. The largest absolute Gasteiger partial charge is 0.492 e. The van der Waals surface area contributed by atoms with Crippen molar-refractivity contribution in [1.82, 2.24) is 4.98 Å². The van der Waals surface area contributed by atoms with Crippen LogP contribution in [0.3, 0.4) is 0 Å². The molecule has 2 aromatic rings. The van der Waals surface area contributed by atoms with E-state index in [1.165, 1.54) is 5.57 Å². The molecule has 3 rings (SSSR count). The number of hydrogen-bond acceptors (Lipinski definition) is 5. The molecule has 6 nitrogen and oxygen atoms in total. The van der Waals surface area contributed by atoms with Crippen molar-refractivity contribution in [3.63, 3.8) is 0 Å². The van der Waals surface area contributed by atoms with Crippen LogP contribution >= 0.6 is 34.2 Å². The van der Waals surface area contributed by atoms with Gasteiger partial charge in [-0.3, -0.25) is 9.79 Å². The predicted octanol–water partition coefficient (Wildman–Crippen LogP) is 13.0. The first-order valence-corrected chi connectivity index (χ1v) is 21.0.